The lowest BCUT2D eigenvalue weighted by Crippen LogP contribution is -2.14. The molecule has 0 aliphatic carbocycles. The van der Waals surface area contributed by atoms with Gasteiger partial charge in [0.2, 0.25) is 0 Å². The van der Waals surface area contributed by atoms with Crippen molar-refractivity contribution < 1.29 is 9.53 Å². The molecule has 0 radical (unpaired) electrons. The molecule has 1 aromatic carbocycles. The van der Waals surface area contributed by atoms with Gasteiger partial charge in [0, 0.05) is 5.56 Å². The quantitative estimate of drug-likeness (QED) is 0.730. The summed E-state index contributed by atoms with van der Waals surface area (Å²) in [5.74, 6) is 0.708. The van der Waals surface area contributed by atoms with Crippen molar-refractivity contribution in [3.8, 4) is 5.75 Å². The Morgan fingerprint density at radius 2 is 1.94 bits per heavy atom. The first-order valence-corrected chi connectivity index (χ1v) is 5.60. The van der Waals surface area contributed by atoms with E-state index in [0.717, 1.165) is 18.3 Å². The van der Waals surface area contributed by atoms with E-state index < -0.39 is 0 Å². The summed E-state index contributed by atoms with van der Waals surface area (Å²) >= 11 is 0. The molecule has 0 fully saturated rings. The molecular formula is C14H20O2. The van der Waals surface area contributed by atoms with Gasteiger partial charge in [-0.25, -0.2) is 0 Å². The van der Waals surface area contributed by atoms with Crippen molar-refractivity contribution >= 4 is 6.29 Å². The minimum Gasteiger partial charge on any atom is -0.496 e. The van der Waals surface area contributed by atoms with E-state index >= 15 is 0 Å². The summed E-state index contributed by atoms with van der Waals surface area (Å²) < 4.78 is 5.36. The van der Waals surface area contributed by atoms with Gasteiger partial charge in [-0.2, -0.15) is 0 Å². The van der Waals surface area contributed by atoms with E-state index in [2.05, 4.69) is 33.8 Å². The van der Waals surface area contributed by atoms with Crippen LogP contribution in [0.3, 0.4) is 0 Å². The summed E-state index contributed by atoms with van der Waals surface area (Å²) in [6, 6.07) is 4.03. The summed E-state index contributed by atoms with van der Waals surface area (Å²) in [5.41, 5.74) is 2.89. The van der Waals surface area contributed by atoms with Gasteiger partial charge in [-0.3, -0.25) is 4.79 Å². The number of methoxy groups -OCH3 is 1. The monoisotopic (exact) mass is 220 g/mol. The third-order valence-corrected chi connectivity index (χ3v) is 2.72. The van der Waals surface area contributed by atoms with Gasteiger partial charge in [-0.15, -0.1) is 0 Å². The molecule has 16 heavy (non-hydrogen) atoms. The van der Waals surface area contributed by atoms with Gasteiger partial charge in [0.05, 0.1) is 12.7 Å². The van der Waals surface area contributed by atoms with Gasteiger partial charge in [0.25, 0.3) is 0 Å². The van der Waals surface area contributed by atoms with E-state index in [1.807, 2.05) is 6.07 Å². The fourth-order valence-corrected chi connectivity index (χ4v) is 1.79. The smallest absolute Gasteiger partial charge is 0.153 e. The number of carbonyl (C=O) groups is 1. The van der Waals surface area contributed by atoms with Crippen LogP contribution >= 0.6 is 0 Å². The van der Waals surface area contributed by atoms with Crippen molar-refractivity contribution in [2.75, 3.05) is 7.11 Å². The highest BCUT2D eigenvalue weighted by molar-refractivity contribution is 5.81. The summed E-state index contributed by atoms with van der Waals surface area (Å²) in [7, 11) is 1.61. The van der Waals surface area contributed by atoms with E-state index in [1.54, 1.807) is 7.11 Å². The Morgan fingerprint density at radius 1 is 1.31 bits per heavy atom. The van der Waals surface area contributed by atoms with E-state index in [4.69, 9.17) is 4.74 Å². The van der Waals surface area contributed by atoms with Gasteiger partial charge >= 0.3 is 0 Å². The third-order valence-electron chi connectivity index (χ3n) is 2.72. The van der Waals surface area contributed by atoms with Crippen molar-refractivity contribution in [2.45, 2.75) is 39.5 Å². The SMILES string of the molecule is CCc1cc(C=O)c(OC)c(C(C)(C)C)c1. The van der Waals surface area contributed by atoms with Crippen molar-refractivity contribution in [1.82, 2.24) is 0 Å². The minimum absolute atomic E-state index is 0.0196. The Balaban J connectivity index is 3.49. The number of hydrogen-bond acceptors (Lipinski definition) is 2. The molecule has 0 atom stereocenters. The molecular weight excluding hydrogens is 200 g/mol. The number of aryl methyl sites for hydroxylation is 1. The molecule has 1 rings (SSSR count). The normalized spacial score (nSPS) is 11.3. The highest BCUT2D eigenvalue weighted by atomic mass is 16.5. The molecule has 1 aromatic rings. The first kappa shape index (κ1) is 12.8. The van der Waals surface area contributed by atoms with Crippen LogP contribution in [-0.2, 0) is 11.8 Å². The molecule has 0 N–H and O–H groups in total. The van der Waals surface area contributed by atoms with Crippen LogP contribution in [0.25, 0.3) is 0 Å². The molecule has 0 aromatic heterocycles. The molecule has 0 saturated carbocycles. The maximum atomic E-state index is 11.1. The Labute approximate surface area is 97.6 Å². The van der Waals surface area contributed by atoms with Gasteiger partial charge < -0.3 is 4.74 Å². The predicted octanol–water partition coefficient (Wildman–Crippen LogP) is 3.37. The number of hydrogen-bond donors (Lipinski definition) is 0. The summed E-state index contributed by atoms with van der Waals surface area (Å²) in [4.78, 5) is 11.1. The van der Waals surface area contributed by atoms with Crippen LogP contribution in [-0.4, -0.2) is 13.4 Å². The maximum absolute atomic E-state index is 11.1. The van der Waals surface area contributed by atoms with Crippen LogP contribution in [0, 0.1) is 0 Å². The van der Waals surface area contributed by atoms with Gasteiger partial charge in [-0.05, 0) is 23.5 Å². The zero-order valence-corrected chi connectivity index (χ0v) is 10.8. The predicted molar refractivity (Wildman–Crippen MR) is 66.5 cm³/mol. The first-order chi connectivity index (χ1) is 7.43. The Hall–Kier alpha value is -1.31. The van der Waals surface area contributed by atoms with Crippen molar-refractivity contribution in [3.05, 3.63) is 28.8 Å². The van der Waals surface area contributed by atoms with E-state index in [1.165, 1.54) is 5.56 Å². The number of rotatable bonds is 3. The van der Waals surface area contributed by atoms with Crippen LogP contribution in [0.1, 0.15) is 49.2 Å². The number of aldehydes is 1. The maximum Gasteiger partial charge on any atom is 0.153 e. The number of benzene rings is 1. The van der Waals surface area contributed by atoms with Crippen LogP contribution in [0.15, 0.2) is 12.1 Å². The van der Waals surface area contributed by atoms with Gasteiger partial charge in [0.1, 0.15) is 5.75 Å². The van der Waals surface area contributed by atoms with E-state index in [9.17, 15) is 4.79 Å². The van der Waals surface area contributed by atoms with Crippen LogP contribution in [0.5, 0.6) is 5.75 Å². The molecule has 2 heteroatoms. The largest absolute Gasteiger partial charge is 0.496 e. The Kier molecular flexibility index (Phi) is 3.74. The third kappa shape index (κ3) is 2.43. The van der Waals surface area contributed by atoms with E-state index in [-0.39, 0.29) is 5.41 Å². The van der Waals surface area contributed by atoms with Gasteiger partial charge in [0.15, 0.2) is 6.29 Å². The lowest BCUT2D eigenvalue weighted by atomic mass is 9.84. The van der Waals surface area contributed by atoms with Crippen LogP contribution < -0.4 is 4.74 Å². The zero-order valence-electron chi connectivity index (χ0n) is 10.8. The fraction of sp³-hybridized carbons (Fsp3) is 0.500. The lowest BCUT2D eigenvalue weighted by Gasteiger charge is -2.24. The van der Waals surface area contributed by atoms with Crippen LogP contribution in [0.4, 0.5) is 0 Å². The second kappa shape index (κ2) is 4.69. The molecule has 0 unspecified atom stereocenters. The summed E-state index contributed by atoms with van der Waals surface area (Å²) in [5, 5.41) is 0. The van der Waals surface area contributed by atoms with Crippen molar-refractivity contribution in [1.29, 1.82) is 0 Å². The number of carbonyl (C=O) groups excluding carboxylic acids is 1. The molecule has 0 amide bonds. The van der Waals surface area contributed by atoms with Gasteiger partial charge in [-0.1, -0.05) is 33.8 Å². The second-order valence-electron chi connectivity index (χ2n) is 4.99. The molecule has 0 heterocycles. The topological polar surface area (TPSA) is 26.3 Å². The van der Waals surface area contributed by atoms with Crippen molar-refractivity contribution in [3.63, 3.8) is 0 Å². The van der Waals surface area contributed by atoms with Crippen molar-refractivity contribution in [2.24, 2.45) is 0 Å². The molecule has 0 aliphatic heterocycles. The Bertz CT molecular complexity index is 386. The minimum atomic E-state index is -0.0196. The molecule has 88 valence electrons. The molecule has 0 saturated heterocycles. The lowest BCUT2D eigenvalue weighted by molar-refractivity contribution is 0.112. The highest BCUT2D eigenvalue weighted by Crippen LogP contribution is 2.34. The van der Waals surface area contributed by atoms with Crippen LogP contribution in [0.2, 0.25) is 0 Å². The average molecular weight is 220 g/mol. The average Bonchev–Trinajstić information content (AvgIpc) is 2.25. The fourth-order valence-electron chi connectivity index (χ4n) is 1.79. The summed E-state index contributed by atoms with van der Waals surface area (Å²) in [6.45, 7) is 8.46. The van der Waals surface area contributed by atoms with E-state index in [0.29, 0.717) is 11.3 Å². The standard InChI is InChI=1S/C14H20O2/c1-6-10-7-11(9-15)13(16-5)12(8-10)14(2,3)4/h7-9H,6H2,1-5H3. The molecule has 2 nitrogen and oxygen atoms in total. The molecule has 0 spiro atoms. The zero-order chi connectivity index (χ0) is 12.3. The molecule has 0 bridgehead atoms. The highest BCUT2D eigenvalue weighted by Gasteiger charge is 2.21. The molecule has 0 aliphatic rings. The second-order valence-corrected chi connectivity index (χ2v) is 4.99. The first-order valence-electron chi connectivity index (χ1n) is 5.60. The summed E-state index contributed by atoms with van der Waals surface area (Å²) in [6.07, 6.45) is 1.79. The number of ether oxygens (including phenoxy) is 1. The Morgan fingerprint density at radius 3 is 2.31 bits per heavy atom.